The molecule has 0 aromatic carbocycles. The highest BCUT2D eigenvalue weighted by molar-refractivity contribution is 5.31. The van der Waals surface area contributed by atoms with Gasteiger partial charge in [0, 0.05) is 0 Å². The first-order valence-corrected chi connectivity index (χ1v) is 5.01. The first-order chi connectivity index (χ1) is 7.39. The Hall–Kier alpha value is -1.26. The second-order valence-corrected chi connectivity index (χ2v) is 2.69. The molecule has 16 heavy (non-hydrogen) atoms. The normalized spacial score (nSPS) is 12.7. The maximum absolute atomic E-state index is 11.8. The van der Waals surface area contributed by atoms with Crippen LogP contribution >= 0.6 is 0 Å². The lowest BCUT2D eigenvalue weighted by atomic mass is 10.3. The lowest BCUT2D eigenvalue weighted by Crippen LogP contribution is -2.27. The van der Waals surface area contributed by atoms with Crippen molar-refractivity contribution in [3.05, 3.63) is 23.5 Å². The minimum Gasteiger partial charge on any atom is -0.361 e. The lowest BCUT2D eigenvalue weighted by Gasteiger charge is -2.09. The van der Waals surface area contributed by atoms with Crippen molar-refractivity contribution in [3.63, 3.8) is 0 Å². The predicted molar refractivity (Wildman–Crippen MR) is 62.5 cm³/mol. The van der Waals surface area contributed by atoms with Crippen molar-refractivity contribution >= 4 is 6.72 Å². The Bertz CT molecular complexity index is 252. The second kappa shape index (κ2) is 9.00. The number of nitrogens with one attached hydrogen (secondary N) is 1. The molecule has 0 heterocycles. The van der Waals surface area contributed by atoms with Gasteiger partial charge in [-0.15, -0.1) is 0 Å². The quantitative estimate of drug-likeness (QED) is 0.584. The number of hydrogen-bond acceptors (Lipinski definition) is 2. The summed E-state index contributed by atoms with van der Waals surface area (Å²) < 4.78 is 35.4. The molecule has 0 radical (unpaired) electrons. The Kier molecular flexibility index (Phi) is 9.65. The molecule has 0 aliphatic rings. The van der Waals surface area contributed by atoms with Crippen LogP contribution in [0.2, 0.25) is 0 Å². The number of halogens is 3. The van der Waals surface area contributed by atoms with Crippen molar-refractivity contribution in [1.29, 1.82) is 0 Å². The largest absolute Gasteiger partial charge is 0.405 e. The number of alkyl halides is 3. The van der Waals surface area contributed by atoms with E-state index >= 15 is 0 Å². The van der Waals surface area contributed by atoms with Crippen molar-refractivity contribution < 1.29 is 13.2 Å². The molecule has 0 saturated carbocycles. The van der Waals surface area contributed by atoms with Crippen molar-refractivity contribution in [2.24, 2.45) is 4.99 Å². The second-order valence-electron chi connectivity index (χ2n) is 2.69. The summed E-state index contributed by atoms with van der Waals surface area (Å²) in [6.07, 6.45) is -0.979. The molecule has 2 nitrogen and oxygen atoms in total. The summed E-state index contributed by atoms with van der Waals surface area (Å²) in [5.41, 5.74) is 0.821. The van der Waals surface area contributed by atoms with Gasteiger partial charge in [-0.3, -0.25) is 0 Å². The summed E-state index contributed by atoms with van der Waals surface area (Å²) in [5, 5.41) is 2.14. The van der Waals surface area contributed by atoms with E-state index < -0.39 is 12.7 Å². The summed E-state index contributed by atoms with van der Waals surface area (Å²) >= 11 is 0. The predicted octanol–water partition coefficient (Wildman–Crippen LogP) is 3.67. The van der Waals surface area contributed by atoms with E-state index in [1.54, 1.807) is 19.9 Å². The Morgan fingerprint density at radius 2 is 1.88 bits per heavy atom. The minimum atomic E-state index is -4.24. The summed E-state index contributed by atoms with van der Waals surface area (Å²) in [6, 6.07) is 0. The monoisotopic (exact) mass is 236 g/mol. The molecule has 0 amide bonds. The van der Waals surface area contributed by atoms with Gasteiger partial charge in [0.1, 0.15) is 12.4 Å². The highest BCUT2D eigenvalue weighted by atomic mass is 19.4. The highest BCUT2D eigenvalue weighted by Gasteiger charge is 2.26. The maximum atomic E-state index is 11.8. The van der Waals surface area contributed by atoms with Crippen molar-refractivity contribution in [3.8, 4) is 0 Å². The van der Waals surface area contributed by atoms with Gasteiger partial charge in [-0.25, -0.2) is 4.99 Å². The van der Waals surface area contributed by atoms with Crippen molar-refractivity contribution in [2.75, 3.05) is 6.54 Å². The molecule has 1 N–H and O–H groups in total. The number of allylic oxidation sites excluding steroid dienone is 3. The first kappa shape index (κ1) is 17.1. The zero-order valence-corrected chi connectivity index (χ0v) is 10.2. The topological polar surface area (TPSA) is 24.4 Å². The molecular weight excluding hydrogens is 217 g/mol. The van der Waals surface area contributed by atoms with Gasteiger partial charge in [0.05, 0.1) is 0 Å². The standard InChI is InChI=1S/C9H13F3N2.C2H6/c1-4-7(2)5-8(13-3)14-6-9(10,11)12;1-2/h4-5,14H,3,6H2,1-2H3;1-2H3/b7-4-,8-5+;. The molecule has 0 unspecified atom stereocenters. The van der Waals surface area contributed by atoms with Crippen LogP contribution < -0.4 is 5.32 Å². The Morgan fingerprint density at radius 1 is 1.38 bits per heavy atom. The van der Waals surface area contributed by atoms with Crippen LogP contribution in [0.1, 0.15) is 27.7 Å². The number of aliphatic imine (C=N–C) groups is 1. The molecule has 0 spiro atoms. The number of rotatable bonds is 4. The Morgan fingerprint density at radius 3 is 2.19 bits per heavy atom. The fourth-order valence-electron chi connectivity index (χ4n) is 0.642. The van der Waals surface area contributed by atoms with Gasteiger partial charge in [0.25, 0.3) is 0 Å². The highest BCUT2D eigenvalue weighted by Crippen LogP contribution is 2.13. The van der Waals surface area contributed by atoms with Gasteiger partial charge in [-0.1, -0.05) is 25.5 Å². The molecule has 94 valence electrons. The van der Waals surface area contributed by atoms with E-state index in [0.29, 0.717) is 0 Å². The van der Waals surface area contributed by atoms with Crippen molar-refractivity contribution in [1.82, 2.24) is 5.32 Å². The molecular formula is C11H19F3N2. The first-order valence-electron chi connectivity index (χ1n) is 5.01. The number of nitrogens with zero attached hydrogens (tertiary/aromatic N) is 1. The molecule has 0 aromatic heterocycles. The van der Waals surface area contributed by atoms with E-state index in [1.165, 1.54) is 6.08 Å². The van der Waals surface area contributed by atoms with Crippen LogP contribution in [0, 0.1) is 0 Å². The van der Waals surface area contributed by atoms with E-state index in [2.05, 4.69) is 17.0 Å². The molecule has 0 fully saturated rings. The summed E-state index contributed by atoms with van der Waals surface area (Å²) in [4.78, 5) is 3.44. The Balaban J connectivity index is 0. The van der Waals surface area contributed by atoms with Gasteiger partial charge in [-0.05, 0) is 26.6 Å². The lowest BCUT2D eigenvalue weighted by molar-refractivity contribution is -0.123. The maximum Gasteiger partial charge on any atom is 0.405 e. The third kappa shape index (κ3) is 10.8. The van der Waals surface area contributed by atoms with Crippen LogP contribution in [0.5, 0.6) is 0 Å². The van der Waals surface area contributed by atoms with E-state index in [9.17, 15) is 13.2 Å². The summed E-state index contributed by atoms with van der Waals surface area (Å²) in [5.74, 6) is 0.123. The Labute approximate surface area is 95.0 Å². The molecule has 0 saturated heterocycles. The number of hydrogen-bond donors (Lipinski definition) is 1. The summed E-state index contributed by atoms with van der Waals surface area (Å²) in [7, 11) is 0. The van der Waals surface area contributed by atoms with Gasteiger partial charge >= 0.3 is 6.18 Å². The molecule has 0 aliphatic heterocycles. The average molecular weight is 236 g/mol. The van der Waals surface area contributed by atoms with Crippen LogP contribution in [0.15, 0.2) is 28.5 Å². The van der Waals surface area contributed by atoms with Gasteiger partial charge in [-0.2, -0.15) is 13.2 Å². The molecule has 0 aliphatic carbocycles. The molecule has 0 bridgehead atoms. The smallest absolute Gasteiger partial charge is 0.361 e. The van der Waals surface area contributed by atoms with Gasteiger partial charge < -0.3 is 5.32 Å². The average Bonchev–Trinajstić information content (AvgIpc) is 2.25. The van der Waals surface area contributed by atoms with Crippen LogP contribution in [-0.2, 0) is 0 Å². The summed E-state index contributed by atoms with van der Waals surface area (Å²) in [6.45, 7) is 9.62. The molecule has 0 rings (SSSR count). The van der Waals surface area contributed by atoms with Crippen LogP contribution in [0.4, 0.5) is 13.2 Å². The third-order valence-corrected chi connectivity index (χ3v) is 1.46. The fourth-order valence-corrected chi connectivity index (χ4v) is 0.642. The van der Waals surface area contributed by atoms with Crippen molar-refractivity contribution in [2.45, 2.75) is 33.9 Å². The van der Waals surface area contributed by atoms with E-state index in [1.807, 2.05) is 13.8 Å². The molecule has 0 aromatic rings. The van der Waals surface area contributed by atoms with Gasteiger partial charge in [0.15, 0.2) is 0 Å². The van der Waals surface area contributed by atoms with Gasteiger partial charge in [0.2, 0.25) is 0 Å². The van der Waals surface area contributed by atoms with E-state index in [4.69, 9.17) is 0 Å². The van der Waals surface area contributed by atoms with Crippen LogP contribution in [0.3, 0.4) is 0 Å². The SMILES string of the molecule is C=N/C(=C\C(C)=C/C)NCC(F)(F)F.CC. The van der Waals surface area contributed by atoms with Crippen LogP contribution in [-0.4, -0.2) is 19.4 Å². The minimum absolute atomic E-state index is 0.123. The zero-order chi connectivity index (χ0) is 13.2. The van der Waals surface area contributed by atoms with E-state index in [-0.39, 0.29) is 5.82 Å². The fraction of sp³-hybridized carbons (Fsp3) is 0.545. The molecule has 5 heteroatoms. The zero-order valence-electron chi connectivity index (χ0n) is 10.2. The molecule has 0 atom stereocenters. The van der Waals surface area contributed by atoms with Crippen LogP contribution in [0.25, 0.3) is 0 Å². The van der Waals surface area contributed by atoms with E-state index in [0.717, 1.165) is 5.57 Å². The third-order valence-electron chi connectivity index (χ3n) is 1.46.